The molecule has 2 N–H and O–H groups in total. The second-order valence-corrected chi connectivity index (χ2v) is 4.41. The number of carbonyl (C=O) groups excluding carboxylic acids is 4. The molecule has 0 unspecified atom stereocenters. The van der Waals surface area contributed by atoms with Gasteiger partial charge < -0.3 is 15.4 Å². The molecular weight excluding hydrogens is 288 g/mol. The Morgan fingerprint density at radius 2 is 1.77 bits per heavy atom. The van der Waals surface area contributed by atoms with Crippen LogP contribution in [-0.2, 0) is 19.1 Å². The summed E-state index contributed by atoms with van der Waals surface area (Å²) >= 11 is 0. The number of esters is 1. The molecule has 0 saturated carbocycles. The van der Waals surface area contributed by atoms with Crippen LogP contribution in [0.1, 0.15) is 30.6 Å². The summed E-state index contributed by atoms with van der Waals surface area (Å²) in [5.41, 5.74) is 0.709. The van der Waals surface area contributed by atoms with Gasteiger partial charge in [0.05, 0.1) is 12.3 Å². The number of anilines is 1. The van der Waals surface area contributed by atoms with Crippen LogP contribution in [0.4, 0.5) is 5.69 Å². The van der Waals surface area contributed by atoms with Crippen LogP contribution in [0.3, 0.4) is 0 Å². The Morgan fingerprint density at radius 3 is 2.41 bits per heavy atom. The van der Waals surface area contributed by atoms with Crippen molar-refractivity contribution in [3.05, 3.63) is 29.8 Å². The summed E-state index contributed by atoms with van der Waals surface area (Å²) in [5.74, 6) is -1.94. The van der Waals surface area contributed by atoms with Gasteiger partial charge in [-0.25, -0.2) is 0 Å². The lowest BCUT2D eigenvalue weighted by atomic mass is 10.1. The molecule has 0 atom stereocenters. The number of amides is 2. The van der Waals surface area contributed by atoms with E-state index in [1.54, 1.807) is 31.2 Å². The van der Waals surface area contributed by atoms with E-state index in [2.05, 4.69) is 15.4 Å². The number of Topliss-reactive ketones (excluding diaryl/α,β-unsaturated/α-hetero) is 1. The number of para-hydroxylation sites is 1. The summed E-state index contributed by atoms with van der Waals surface area (Å²) in [4.78, 5) is 45.8. The number of hydrogen-bond acceptors (Lipinski definition) is 5. The van der Waals surface area contributed by atoms with E-state index in [0.29, 0.717) is 11.3 Å². The summed E-state index contributed by atoms with van der Waals surface area (Å²) in [6.07, 6.45) is -0.453. The molecule has 7 nitrogen and oxygen atoms in total. The van der Waals surface area contributed by atoms with Gasteiger partial charge in [-0.15, -0.1) is 0 Å². The normalized spacial score (nSPS) is 9.73. The lowest BCUT2D eigenvalue weighted by molar-refractivity contribution is -0.143. The maximum Gasteiger partial charge on any atom is 0.325 e. The molecule has 22 heavy (non-hydrogen) atoms. The first-order valence-electron chi connectivity index (χ1n) is 6.76. The van der Waals surface area contributed by atoms with Crippen LogP contribution in [0.15, 0.2) is 24.3 Å². The minimum absolute atomic E-state index is 0.192. The third-order valence-corrected chi connectivity index (χ3v) is 2.64. The number of carbonyl (C=O) groups is 4. The van der Waals surface area contributed by atoms with Crippen molar-refractivity contribution < 1.29 is 23.9 Å². The van der Waals surface area contributed by atoms with E-state index in [-0.39, 0.29) is 18.9 Å². The fraction of sp³-hybridized carbons (Fsp3) is 0.333. The van der Waals surface area contributed by atoms with Gasteiger partial charge in [0.1, 0.15) is 13.0 Å². The van der Waals surface area contributed by atoms with Crippen LogP contribution < -0.4 is 10.6 Å². The molecule has 0 saturated heterocycles. The largest absolute Gasteiger partial charge is 0.465 e. The Morgan fingerprint density at radius 1 is 1.09 bits per heavy atom. The molecule has 0 aliphatic carbocycles. The highest BCUT2D eigenvalue weighted by molar-refractivity contribution is 6.08. The smallest absolute Gasteiger partial charge is 0.325 e. The summed E-state index contributed by atoms with van der Waals surface area (Å²) in [5, 5.41) is 4.78. The number of nitrogens with one attached hydrogen (secondary N) is 2. The average Bonchev–Trinajstić information content (AvgIpc) is 2.45. The molecule has 0 aliphatic rings. The fourth-order valence-electron chi connectivity index (χ4n) is 1.68. The van der Waals surface area contributed by atoms with Crippen molar-refractivity contribution in [2.75, 3.05) is 18.5 Å². The van der Waals surface area contributed by atoms with Gasteiger partial charge >= 0.3 is 5.97 Å². The molecule has 118 valence electrons. The van der Waals surface area contributed by atoms with Crippen LogP contribution in [0.2, 0.25) is 0 Å². The molecule has 0 aliphatic heterocycles. The quantitative estimate of drug-likeness (QED) is 0.443. The molecule has 1 rings (SSSR count). The van der Waals surface area contributed by atoms with Gasteiger partial charge in [0.25, 0.3) is 0 Å². The number of ketones is 1. The van der Waals surface area contributed by atoms with E-state index >= 15 is 0 Å². The Labute approximate surface area is 128 Å². The van der Waals surface area contributed by atoms with Crippen LogP contribution in [0.5, 0.6) is 0 Å². The summed E-state index contributed by atoms with van der Waals surface area (Å²) < 4.78 is 4.64. The fourth-order valence-corrected chi connectivity index (χ4v) is 1.68. The van der Waals surface area contributed by atoms with Crippen molar-refractivity contribution >= 4 is 29.3 Å². The van der Waals surface area contributed by atoms with Crippen molar-refractivity contribution in [1.82, 2.24) is 5.32 Å². The number of benzene rings is 1. The van der Waals surface area contributed by atoms with Gasteiger partial charge in [-0.3, -0.25) is 19.2 Å². The number of hydrogen-bond donors (Lipinski definition) is 2. The van der Waals surface area contributed by atoms with Gasteiger partial charge in [0.15, 0.2) is 5.78 Å². The van der Waals surface area contributed by atoms with Crippen LogP contribution in [0, 0.1) is 0 Å². The lowest BCUT2D eigenvalue weighted by Gasteiger charge is -2.09. The standard InChI is InChI=1S/C15H18N2O5/c1-3-22-15(21)9-16-13(19)8-14(20)17-12-7-5-4-6-11(12)10(2)18/h4-7H,3,8-9H2,1-2H3,(H,16,19)(H,17,20). The molecule has 1 aromatic rings. The lowest BCUT2D eigenvalue weighted by Crippen LogP contribution is -2.33. The highest BCUT2D eigenvalue weighted by atomic mass is 16.5. The third kappa shape index (κ3) is 5.74. The minimum atomic E-state index is -0.606. The van der Waals surface area contributed by atoms with Gasteiger partial charge in [-0.2, -0.15) is 0 Å². The summed E-state index contributed by atoms with van der Waals surface area (Å²) in [6.45, 7) is 2.97. The molecular formula is C15H18N2O5. The molecule has 0 fully saturated rings. The number of ether oxygens (including phenoxy) is 1. The van der Waals surface area contributed by atoms with Crippen LogP contribution >= 0.6 is 0 Å². The van der Waals surface area contributed by atoms with Crippen molar-refractivity contribution in [2.45, 2.75) is 20.3 Å². The van der Waals surface area contributed by atoms with Gasteiger partial charge in [0, 0.05) is 5.56 Å². The summed E-state index contributed by atoms with van der Waals surface area (Å²) in [7, 11) is 0. The van der Waals surface area contributed by atoms with Gasteiger partial charge in [0.2, 0.25) is 11.8 Å². The van der Waals surface area contributed by atoms with E-state index < -0.39 is 24.2 Å². The zero-order valence-corrected chi connectivity index (χ0v) is 12.5. The first-order chi connectivity index (χ1) is 10.4. The first-order valence-corrected chi connectivity index (χ1v) is 6.76. The van der Waals surface area contributed by atoms with E-state index in [0.717, 1.165) is 0 Å². The molecule has 0 heterocycles. The van der Waals surface area contributed by atoms with Crippen molar-refractivity contribution in [3.63, 3.8) is 0 Å². The van der Waals surface area contributed by atoms with Crippen LogP contribution in [-0.4, -0.2) is 36.7 Å². The molecule has 1 aromatic carbocycles. The van der Waals surface area contributed by atoms with E-state index in [4.69, 9.17) is 0 Å². The second kappa shape index (κ2) is 8.56. The third-order valence-electron chi connectivity index (χ3n) is 2.64. The van der Waals surface area contributed by atoms with E-state index in [1.807, 2.05) is 0 Å². The minimum Gasteiger partial charge on any atom is -0.465 e. The maximum atomic E-state index is 11.8. The number of rotatable bonds is 7. The van der Waals surface area contributed by atoms with Crippen molar-refractivity contribution in [2.24, 2.45) is 0 Å². The zero-order valence-electron chi connectivity index (χ0n) is 12.5. The molecule has 0 radical (unpaired) electrons. The Bertz CT molecular complexity index is 583. The van der Waals surface area contributed by atoms with E-state index in [1.165, 1.54) is 6.92 Å². The Kier molecular flexibility index (Phi) is 6.75. The van der Waals surface area contributed by atoms with Gasteiger partial charge in [-0.05, 0) is 26.0 Å². The first kappa shape index (κ1) is 17.4. The zero-order chi connectivity index (χ0) is 16.5. The monoisotopic (exact) mass is 306 g/mol. The average molecular weight is 306 g/mol. The highest BCUT2D eigenvalue weighted by Gasteiger charge is 2.13. The maximum absolute atomic E-state index is 11.8. The molecule has 0 spiro atoms. The molecule has 0 aromatic heterocycles. The predicted molar refractivity (Wildman–Crippen MR) is 79.3 cm³/mol. The van der Waals surface area contributed by atoms with Crippen molar-refractivity contribution in [1.29, 1.82) is 0 Å². The second-order valence-electron chi connectivity index (χ2n) is 4.41. The molecule has 2 amide bonds. The SMILES string of the molecule is CCOC(=O)CNC(=O)CC(=O)Nc1ccccc1C(C)=O. The topological polar surface area (TPSA) is 102 Å². The molecule has 7 heteroatoms. The van der Waals surface area contributed by atoms with E-state index in [9.17, 15) is 19.2 Å². The Balaban J connectivity index is 2.51. The molecule has 0 bridgehead atoms. The predicted octanol–water partition coefficient (Wildman–Crippen LogP) is 0.897. The highest BCUT2D eigenvalue weighted by Crippen LogP contribution is 2.15. The Hall–Kier alpha value is -2.70. The van der Waals surface area contributed by atoms with Crippen molar-refractivity contribution in [3.8, 4) is 0 Å². The van der Waals surface area contributed by atoms with Crippen LogP contribution in [0.25, 0.3) is 0 Å². The summed E-state index contributed by atoms with van der Waals surface area (Å²) in [6, 6.07) is 6.51. The van der Waals surface area contributed by atoms with Gasteiger partial charge in [-0.1, -0.05) is 12.1 Å².